The molecular weight excluding hydrogens is 528 g/mol. The van der Waals surface area contributed by atoms with Gasteiger partial charge in [0.25, 0.3) is 5.91 Å². The Hall–Kier alpha value is -3.84. The number of methoxy groups -OCH3 is 1. The van der Waals surface area contributed by atoms with Crippen LogP contribution in [0.4, 0.5) is 0 Å². The van der Waals surface area contributed by atoms with Crippen LogP contribution in [-0.4, -0.2) is 67.2 Å². The molecule has 1 unspecified atom stereocenters. The summed E-state index contributed by atoms with van der Waals surface area (Å²) in [7, 11) is 3.27. The fraction of sp³-hybridized carbons (Fsp3) is 0.280. The van der Waals surface area contributed by atoms with E-state index < -0.39 is 17.4 Å². The molecule has 3 heterocycles. The summed E-state index contributed by atoms with van der Waals surface area (Å²) in [6.45, 7) is 0.0207. The Morgan fingerprint density at radius 2 is 1.89 bits per heavy atom. The Kier molecular flexibility index (Phi) is 7.65. The van der Waals surface area contributed by atoms with Gasteiger partial charge in [0, 0.05) is 17.7 Å². The van der Waals surface area contributed by atoms with Crippen LogP contribution in [0.2, 0.25) is 0 Å². The highest BCUT2D eigenvalue weighted by atomic mass is 32.2. The zero-order valence-corrected chi connectivity index (χ0v) is 22.2. The molecule has 2 aromatic carbocycles. The zero-order chi connectivity index (χ0) is 26.6. The van der Waals surface area contributed by atoms with Crippen molar-refractivity contribution in [3.63, 3.8) is 0 Å². The van der Waals surface area contributed by atoms with Crippen LogP contribution in [0.15, 0.2) is 70.4 Å². The average Bonchev–Trinajstić information content (AvgIpc) is 3.34. The minimum atomic E-state index is -0.733. The first-order chi connectivity index (χ1) is 18.4. The minimum Gasteiger partial charge on any atom is -0.497 e. The highest BCUT2D eigenvalue weighted by molar-refractivity contribution is 8.06. The number of tetrazole rings is 1. The third kappa shape index (κ3) is 5.38. The van der Waals surface area contributed by atoms with E-state index in [9.17, 15) is 14.4 Å². The highest BCUT2D eigenvalue weighted by Gasteiger charge is 2.54. The Balaban J connectivity index is 1.33. The molecule has 1 fully saturated rings. The van der Waals surface area contributed by atoms with Gasteiger partial charge in [0.15, 0.2) is 0 Å². The Morgan fingerprint density at radius 1 is 1.13 bits per heavy atom. The Morgan fingerprint density at radius 3 is 2.58 bits per heavy atom. The molecule has 0 spiro atoms. The molecule has 38 heavy (non-hydrogen) atoms. The number of hydrogen-bond acceptors (Lipinski definition) is 10. The van der Waals surface area contributed by atoms with E-state index in [1.54, 1.807) is 38.4 Å². The number of rotatable bonds is 9. The summed E-state index contributed by atoms with van der Waals surface area (Å²) in [5, 5.41) is 14.3. The number of aromatic nitrogens is 4. The van der Waals surface area contributed by atoms with Crippen molar-refractivity contribution in [3.05, 3.63) is 76.3 Å². The van der Waals surface area contributed by atoms with Crippen LogP contribution in [0.3, 0.4) is 0 Å². The van der Waals surface area contributed by atoms with E-state index in [-0.39, 0.29) is 30.5 Å². The Bertz CT molecular complexity index is 1380. The van der Waals surface area contributed by atoms with Gasteiger partial charge in [0.1, 0.15) is 29.5 Å². The van der Waals surface area contributed by atoms with E-state index in [1.165, 1.54) is 33.1 Å². The third-order valence-corrected chi connectivity index (χ3v) is 8.55. The quantitative estimate of drug-likeness (QED) is 0.310. The van der Waals surface area contributed by atoms with Crippen molar-refractivity contribution in [3.8, 4) is 5.75 Å². The van der Waals surface area contributed by atoms with Crippen molar-refractivity contribution >= 4 is 41.3 Å². The fourth-order valence-corrected chi connectivity index (χ4v) is 6.40. The molecule has 0 radical (unpaired) electrons. The molecule has 1 saturated heterocycles. The van der Waals surface area contributed by atoms with Crippen LogP contribution < -0.4 is 10.1 Å². The normalized spacial score (nSPS) is 18.5. The number of nitrogens with one attached hydrogen (secondary N) is 1. The second kappa shape index (κ2) is 11.3. The standard InChI is InChI=1S/C25H24N6O5S2/c1-30-25(27-28-29-30)38-18-14-37-23-20(26-19(32)12-15-6-4-3-5-7-15)22(33)31(23)21(18)24(34)36-13-16-8-10-17(35-2)11-9-16/h3-11,20,23H,12-14H2,1-2H3,(H,26,32)/t20?,23-/m0/s1. The lowest BCUT2D eigenvalue weighted by molar-refractivity contribution is -0.153. The second-order valence-electron chi connectivity index (χ2n) is 8.50. The maximum absolute atomic E-state index is 13.4. The van der Waals surface area contributed by atoms with Gasteiger partial charge in [-0.3, -0.25) is 14.5 Å². The maximum atomic E-state index is 13.4. The second-order valence-corrected chi connectivity index (χ2v) is 10.7. The summed E-state index contributed by atoms with van der Waals surface area (Å²) in [6, 6.07) is 15.7. The van der Waals surface area contributed by atoms with Gasteiger partial charge in [0.05, 0.1) is 13.5 Å². The van der Waals surface area contributed by atoms with Gasteiger partial charge in [-0.25, -0.2) is 9.48 Å². The van der Waals surface area contributed by atoms with E-state index >= 15 is 0 Å². The first-order valence-electron chi connectivity index (χ1n) is 11.7. The van der Waals surface area contributed by atoms with Crippen molar-refractivity contribution in [2.45, 2.75) is 29.6 Å². The van der Waals surface area contributed by atoms with Crippen molar-refractivity contribution in [1.29, 1.82) is 0 Å². The first kappa shape index (κ1) is 25.8. The SMILES string of the molecule is COc1ccc(COC(=O)C2=C(Sc3nnnn3C)CS[C@H]3C(NC(=O)Cc4ccccc4)C(=O)N23)cc1. The van der Waals surface area contributed by atoms with Crippen LogP contribution in [0, 0.1) is 0 Å². The number of ether oxygens (including phenoxy) is 2. The number of fused-ring (bicyclic) bond motifs is 1. The summed E-state index contributed by atoms with van der Waals surface area (Å²) in [5.74, 6) is -0.144. The average molecular weight is 553 g/mol. The van der Waals surface area contributed by atoms with E-state index in [4.69, 9.17) is 9.47 Å². The predicted octanol–water partition coefficient (Wildman–Crippen LogP) is 1.91. The number of benzene rings is 2. The number of amides is 2. The van der Waals surface area contributed by atoms with Crippen LogP contribution in [0.25, 0.3) is 0 Å². The van der Waals surface area contributed by atoms with Crippen molar-refractivity contribution in [1.82, 2.24) is 30.4 Å². The molecule has 2 aliphatic rings. The number of thioether (sulfide) groups is 2. The van der Waals surface area contributed by atoms with E-state index in [0.717, 1.165) is 11.1 Å². The molecule has 1 aromatic heterocycles. The van der Waals surface area contributed by atoms with Crippen LogP contribution in [0.1, 0.15) is 11.1 Å². The van der Waals surface area contributed by atoms with Gasteiger partial charge in [-0.2, -0.15) is 0 Å². The highest BCUT2D eigenvalue weighted by Crippen LogP contribution is 2.45. The number of hydrogen-bond donors (Lipinski definition) is 1. The molecule has 1 N–H and O–H groups in total. The molecule has 3 aromatic rings. The van der Waals surface area contributed by atoms with Gasteiger partial charge in [-0.1, -0.05) is 42.5 Å². The lowest BCUT2D eigenvalue weighted by Gasteiger charge is -2.49. The predicted molar refractivity (Wildman–Crippen MR) is 140 cm³/mol. The maximum Gasteiger partial charge on any atom is 0.356 e. The number of carbonyl (C=O) groups excluding carboxylic acids is 3. The molecule has 196 valence electrons. The van der Waals surface area contributed by atoms with Gasteiger partial charge in [-0.15, -0.1) is 16.9 Å². The number of nitrogens with zero attached hydrogens (tertiary/aromatic N) is 5. The first-order valence-corrected chi connectivity index (χ1v) is 13.5. The number of esters is 1. The largest absolute Gasteiger partial charge is 0.497 e. The topological polar surface area (TPSA) is 129 Å². The van der Waals surface area contributed by atoms with Gasteiger partial charge in [0.2, 0.25) is 11.1 Å². The van der Waals surface area contributed by atoms with Gasteiger partial charge < -0.3 is 14.8 Å². The van der Waals surface area contributed by atoms with E-state index in [0.29, 0.717) is 21.6 Å². The van der Waals surface area contributed by atoms with Gasteiger partial charge >= 0.3 is 5.97 Å². The molecule has 2 aliphatic heterocycles. The third-order valence-electron chi connectivity index (χ3n) is 5.98. The van der Waals surface area contributed by atoms with Crippen molar-refractivity contribution < 1.29 is 23.9 Å². The summed E-state index contributed by atoms with van der Waals surface area (Å²) in [6.07, 6.45) is 0.162. The monoisotopic (exact) mass is 552 g/mol. The summed E-state index contributed by atoms with van der Waals surface area (Å²) in [4.78, 5) is 41.2. The summed E-state index contributed by atoms with van der Waals surface area (Å²) >= 11 is 2.67. The smallest absolute Gasteiger partial charge is 0.356 e. The molecule has 2 atom stereocenters. The van der Waals surface area contributed by atoms with E-state index in [1.807, 2.05) is 30.3 Å². The zero-order valence-electron chi connectivity index (χ0n) is 20.6. The molecule has 0 saturated carbocycles. The van der Waals surface area contributed by atoms with Gasteiger partial charge in [-0.05, 0) is 45.4 Å². The lowest BCUT2D eigenvalue weighted by Crippen LogP contribution is -2.70. The Labute approximate surface area is 226 Å². The molecule has 13 heteroatoms. The molecule has 0 bridgehead atoms. The number of carbonyl (C=O) groups is 3. The van der Waals surface area contributed by atoms with Crippen LogP contribution in [0.5, 0.6) is 5.75 Å². The minimum absolute atomic E-state index is 0.0207. The molecule has 0 aliphatic carbocycles. The van der Waals surface area contributed by atoms with Crippen molar-refractivity contribution in [2.75, 3.05) is 12.9 Å². The summed E-state index contributed by atoms with van der Waals surface area (Å²) in [5.41, 5.74) is 1.77. The molecule has 2 amide bonds. The van der Waals surface area contributed by atoms with Crippen LogP contribution >= 0.6 is 23.5 Å². The number of β-lactam (4-membered cyclic amide) rings is 1. The molecular formula is C25H24N6O5S2. The summed E-state index contributed by atoms with van der Waals surface area (Å²) < 4.78 is 12.3. The molecule has 5 rings (SSSR count). The molecule has 11 nitrogen and oxygen atoms in total. The van der Waals surface area contributed by atoms with Crippen molar-refractivity contribution in [2.24, 2.45) is 7.05 Å². The van der Waals surface area contributed by atoms with Crippen LogP contribution in [-0.2, 0) is 39.2 Å². The van der Waals surface area contributed by atoms with E-state index in [2.05, 4.69) is 20.8 Å². The number of aryl methyl sites for hydroxylation is 1. The lowest BCUT2D eigenvalue weighted by atomic mass is 10.0. The fourth-order valence-electron chi connectivity index (χ4n) is 4.02.